The van der Waals surface area contributed by atoms with E-state index in [2.05, 4.69) is 10.6 Å². The van der Waals surface area contributed by atoms with Crippen LogP contribution < -0.4 is 10.6 Å². The molecular formula is C17H23N3O3. The lowest BCUT2D eigenvalue weighted by atomic mass is 10.0. The van der Waals surface area contributed by atoms with E-state index in [1.165, 1.54) is 0 Å². The summed E-state index contributed by atoms with van der Waals surface area (Å²) in [5.41, 5.74) is 2.85. The average Bonchev–Trinajstić information content (AvgIpc) is 2.70. The van der Waals surface area contributed by atoms with Gasteiger partial charge in [0, 0.05) is 5.69 Å². The van der Waals surface area contributed by atoms with Crippen molar-refractivity contribution in [1.29, 1.82) is 0 Å². The maximum atomic E-state index is 12.2. The summed E-state index contributed by atoms with van der Waals surface area (Å²) < 4.78 is 0. The van der Waals surface area contributed by atoms with Gasteiger partial charge < -0.3 is 10.6 Å². The summed E-state index contributed by atoms with van der Waals surface area (Å²) in [6, 6.07) is 4.54. The van der Waals surface area contributed by atoms with Crippen LogP contribution in [0.25, 0.3) is 0 Å². The monoisotopic (exact) mass is 317 g/mol. The Bertz CT molecular complexity index is 640. The van der Waals surface area contributed by atoms with Crippen molar-refractivity contribution in [3.8, 4) is 0 Å². The number of nitrogens with one attached hydrogen (secondary N) is 2. The summed E-state index contributed by atoms with van der Waals surface area (Å²) in [6.45, 7) is 7.64. The summed E-state index contributed by atoms with van der Waals surface area (Å²) in [6.07, 6.45) is 0.569. The van der Waals surface area contributed by atoms with Crippen LogP contribution in [0.5, 0.6) is 0 Å². The predicted molar refractivity (Wildman–Crippen MR) is 88.0 cm³/mol. The SMILES string of the molecule is Cc1ccc(NC(=O)CN2C(=O)NC(CC(C)C)C2=O)cc1C. The Labute approximate surface area is 136 Å². The van der Waals surface area contributed by atoms with E-state index in [4.69, 9.17) is 0 Å². The molecule has 0 bridgehead atoms. The van der Waals surface area contributed by atoms with Crippen LogP contribution in [-0.2, 0) is 9.59 Å². The molecule has 1 atom stereocenters. The first-order valence-corrected chi connectivity index (χ1v) is 7.77. The fourth-order valence-corrected chi connectivity index (χ4v) is 2.52. The first kappa shape index (κ1) is 17.0. The number of rotatable bonds is 5. The molecule has 0 radical (unpaired) electrons. The first-order valence-electron chi connectivity index (χ1n) is 7.77. The van der Waals surface area contributed by atoms with Gasteiger partial charge in [-0.05, 0) is 49.4 Å². The van der Waals surface area contributed by atoms with Crippen molar-refractivity contribution < 1.29 is 14.4 Å². The van der Waals surface area contributed by atoms with Gasteiger partial charge in [0.1, 0.15) is 12.6 Å². The molecule has 1 unspecified atom stereocenters. The minimum absolute atomic E-state index is 0.272. The van der Waals surface area contributed by atoms with Crippen LogP contribution in [-0.4, -0.2) is 35.3 Å². The Morgan fingerprint density at radius 3 is 2.57 bits per heavy atom. The van der Waals surface area contributed by atoms with E-state index in [1.807, 2.05) is 39.8 Å². The number of hydrogen-bond donors (Lipinski definition) is 2. The molecule has 0 aliphatic carbocycles. The van der Waals surface area contributed by atoms with E-state index >= 15 is 0 Å². The van der Waals surface area contributed by atoms with Gasteiger partial charge in [-0.25, -0.2) is 4.79 Å². The smallest absolute Gasteiger partial charge is 0.325 e. The number of imide groups is 1. The van der Waals surface area contributed by atoms with Crippen LogP contribution in [0.4, 0.5) is 10.5 Å². The van der Waals surface area contributed by atoms with Crippen LogP contribution in [0.2, 0.25) is 0 Å². The summed E-state index contributed by atoms with van der Waals surface area (Å²) >= 11 is 0. The van der Waals surface area contributed by atoms with E-state index in [1.54, 1.807) is 6.07 Å². The topological polar surface area (TPSA) is 78.5 Å². The second-order valence-corrected chi connectivity index (χ2v) is 6.40. The normalized spacial score (nSPS) is 17.6. The molecule has 23 heavy (non-hydrogen) atoms. The van der Waals surface area contributed by atoms with E-state index < -0.39 is 12.1 Å². The largest absolute Gasteiger partial charge is 0.326 e. The van der Waals surface area contributed by atoms with Crippen molar-refractivity contribution >= 4 is 23.5 Å². The number of aryl methyl sites for hydroxylation is 2. The molecule has 1 aromatic carbocycles. The van der Waals surface area contributed by atoms with Crippen LogP contribution in [0.1, 0.15) is 31.4 Å². The molecule has 124 valence electrons. The predicted octanol–water partition coefficient (Wildman–Crippen LogP) is 2.21. The number of nitrogens with zero attached hydrogens (tertiary/aromatic N) is 1. The van der Waals surface area contributed by atoms with Gasteiger partial charge in [0.05, 0.1) is 0 Å². The first-order chi connectivity index (χ1) is 10.8. The highest BCUT2D eigenvalue weighted by molar-refractivity contribution is 6.07. The molecule has 6 heteroatoms. The Morgan fingerprint density at radius 1 is 1.26 bits per heavy atom. The van der Waals surface area contributed by atoms with E-state index in [0.717, 1.165) is 16.0 Å². The quantitative estimate of drug-likeness (QED) is 0.817. The van der Waals surface area contributed by atoms with Crippen molar-refractivity contribution in [2.45, 2.75) is 40.2 Å². The minimum Gasteiger partial charge on any atom is -0.326 e. The molecule has 0 saturated carbocycles. The van der Waals surface area contributed by atoms with Gasteiger partial charge in [0.2, 0.25) is 5.91 Å². The molecule has 2 N–H and O–H groups in total. The third-order valence-corrected chi connectivity index (χ3v) is 3.91. The highest BCUT2D eigenvalue weighted by Gasteiger charge is 2.38. The van der Waals surface area contributed by atoms with Crippen LogP contribution >= 0.6 is 0 Å². The van der Waals surface area contributed by atoms with Crippen molar-refractivity contribution in [2.24, 2.45) is 5.92 Å². The maximum Gasteiger partial charge on any atom is 0.325 e. The van der Waals surface area contributed by atoms with E-state index in [-0.39, 0.29) is 24.3 Å². The number of benzene rings is 1. The van der Waals surface area contributed by atoms with Crippen molar-refractivity contribution in [2.75, 3.05) is 11.9 Å². The van der Waals surface area contributed by atoms with E-state index in [9.17, 15) is 14.4 Å². The van der Waals surface area contributed by atoms with Crippen LogP contribution in [0, 0.1) is 19.8 Å². The van der Waals surface area contributed by atoms with Crippen LogP contribution in [0.3, 0.4) is 0 Å². The zero-order valence-electron chi connectivity index (χ0n) is 14.0. The lowest BCUT2D eigenvalue weighted by Gasteiger charge is -2.14. The summed E-state index contributed by atoms with van der Waals surface area (Å²) in [7, 11) is 0. The van der Waals surface area contributed by atoms with Crippen molar-refractivity contribution in [3.63, 3.8) is 0 Å². The van der Waals surface area contributed by atoms with Gasteiger partial charge in [-0.3, -0.25) is 14.5 Å². The number of carbonyl (C=O) groups is 3. The molecule has 0 spiro atoms. The van der Waals surface area contributed by atoms with Crippen molar-refractivity contribution in [3.05, 3.63) is 29.3 Å². The molecule has 6 nitrogen and oxygen atoms in total. The second kappa shape index (κ2) is 6.81. The molecule has 4 amide bonds. The molecule has 1 fully saturated rings. The zero-order chi connectivity index (χ0) is 17.1. The Kier molecular flexibility index (Phi) is 5.03. The molecule has 2 rings (SSSR count). The molecule has 1 saturated heterocycles. The summed E-state index contributed by atoms with van der Waals surface area (Å²) in [4.78, 5) is 37.2. The summed E-state index contributed by atoms with van der Waals surface area (Å²) in [5.74, 6) is -0.436. The van der Waals surface area contributed by atoms with Gasteiger partial charge in [-0.15, -0.1) is 0 Å². The molecule has 0 aromatic heterocycles. The second-order valence-electron chi connectivity index (χ2n) is 6.40. The van der Waals surface area contributed by atoms with Gasteiger partial charge in [0.25, 0.3) is 5.91 Å². The molecule has 1 aliphatic rings. The maximum absolute atomic E-state index is 12.2. The van der Waals surface area contributed by atoms with Crippen molar-refractivity contribution in [1.82, 2.24) is 10.2 Å². The highest BCUT2D eigenvalue weighted by atomic mass is 16.2. The highest BCUT2D eigenvalue weighted by Crippen LogP contribution is 2.16. The lowest BCUT2D eigenvalue weighted by Crippen LogP contribution is -2.38. The number of carbonyl (C=O) groups excluding carboxylic acids is 3. The third-order valence-electron chi connectivity index (χ3n) is 3.91. The molecule has 1 aliphatic heterocycles. The molecule has 1 heterocycles. The Morgan fingerprint density at radius 2 is 1.96 bits per heavy atom. The molecular weight excluding hydrogens is 294 g/mol. The zero-order valence-corrected chi connectivity index (χ0v) is 14.0. The van der Waals surface area contributed by atoms with Crippen LogP contribution in [0.15, 0.2) is 18.2 Å². The van der Waals surface area contributed by atoms with Gasteiger partial charge in [-0.2, -0.15) is 0 Å². The number of urea groups is 1. The Hall–Kier alpha value is -2.37. The number of amides is 4. The fourth-order valence-electron chi connectivity index (χ4n) is 2.52. The van der Waals surface area contributed by atoms with Gasteiger partial charge in [0.15, 0.2) is 0 Å². The minimum atomic E-state index is -0.531. The molecule has 1 aromatic rings. The van der Waals surface area contributed by atoms with Gasteiger partial charge >= 0.3 is 6.03 Å². The fraction of sp³-hybridized carbons (Fsp3) is 0.471. The third kappa shape index (κ3) is 4.09. The standard InChI is InChI=1S/C17H23N3O3/c1-10(2)7-14-16(22)20(17(23)19-14)9-15(21)18-13-6-5-11(3)12(4)8-13/h5-6,8,10,14H,7,9H2,1-4H3,(H,18,21)(H,19,23). The average molecular weight is 317 g/mol. The lowest BCUT2D eigenvalue weighted by molar-refractivity contribution is -0.131. The summed E-state index contributed by atoms with van der Waals surface area (Å²) in [5, 5.41) is 5.35. The number of hydrogen-bond acceptors (Lipinski definition) is 3. The number of anilines is 1. The van der Waals surface area contributed by atoms with E-state index in [0.29, 0.717) is 12.1 Å². The Balaban J connectivity index is 1.98. The van der Waals surface area contributed by atoms with Gasteiger partial charge in [-0.1, -0.05) is 19.9 Å².